The van der Waals surface area contributed by atoms with Crippen molar-refractivity contribution < 1.29 is 14.3 Å². The zero-order valence-electron chi connectivity index (χ0n) is 11.9. The van der Waals surface area contributed by atoms with Crippen molar-refractivity contribution in [3.05, 3.63) is 22.7 Å². The Bertz CT molecular complexity index is 452. The Balaban J connectivity index is 2.86. The van der Waals surface area contributed by atoms with Gasteiger partial charge in [0.2, 0.25) is 0 Å². The van der Waals surface area contributed by atoms with Gasteiger partial charge in [0, 0.05) is 4.47 Å². The second-order valence-corrected chi connectivity index (χ2v) is 6.35. The molecule has 0 aliphatic heterocycles. The molecule has 1 rings (SSSR count). The zero-order chi connectivity index (χ0) is 14.6. The second-order valence-electron chi connectivity index (χ2n) is 5.43. The molecule has 0 aromatic heterocycles. The number of halogens is 1. The number of carbonyl (C=O) groups excluding carboxylic acids is 1. The molecule has 0 fully saturated rings. The fourth-order valence-electron chi connectivity index (χ4n) is 1.37. The maximum absolute atomic E-state index is 11.8. The summed E-state index contributed by atoms with van der Waals surface area (Å²) < 4.78 is 11.7. The van der Waals surface area contributed by atoms with Crippen molar-refractivity contribution in [2.45, 2.75) is 46.3 Å². The second kappa shape index (κ2) is 6.28. The number of hydrogen-bond donors (Lipinski definition) is 1. The van der Waals surface area contributed by atoms with Crippen LogP contribution in [-0.4, -0.2) is 17.8 Å². The highest BCUT2D eigenvalue weighted by Crippen LogP contribution is 2.29. The summed E-state index contributed by atoms with van der Waals surface area (Å²) in [6, 6.07) is 5.44. The van der Waals surface area contributed by atoms with E-state index in [1.54, 1.807) is 12.1 Å². The van der Waals surface area contributed by atoms with Crippen molar-refractivity contribution in [2.75, 3.05) is 5.32 Å². The quantitative estimate of drug-likeness (QED) is 0.882. The Morgan fingerprint density at radius 3 is 2.47 bits per heavy atom. The Hall–Kier alpha value is -1.23. The molecule has 0 aliphatic rings. The zero-order valence-corrected chi connectivity index (χ0v) is 13.5. The third-order valence-electron chi connectivity index (χ3n) is 1.94. The number of benzene rings is 1. The Morgan fingerprint density at radius 1 is 1.32 bits per heavy atom. The third kappa shape index (κ3) is 5.96. The predicted molar refractivity (Wildman–Crippen MR) is 79.8 cm³/mol. The standard InChI is InChI=1S/C14H20BrNO3/c1-9(2)18-12-7-6-10(15)8-11(12)16-13(17)19-14(3,4)5/h6-9H,1-5H3,(H,16,17). The first kappa shape index (κ1) is 15.8. The Morgan fingerprint density at radius 2 is 1.95 bits per heavy atom. The topological polar surface area (TPSA) is 47.6 Å². The lowest BCUT2D eigenvalue weighted by molar-refractivity contribution is 0.0635. The van der Waals surface area contributed by atoms with E-state index in [1.807, 2.05) is 40.7 Å². The molecule has 0 bridgehead atoms. The van der Waals surface area contributed by atoms with Crippen molar-refractivity contribution in [3.63, 3.8) is 0 Å². The highest BCUT2D eigenvalue weighted by atomic mass is 79.9. The fourth-order valence-corrected chi connectivity index (χ4v) is 1.73. The van der Waals surface area contributed by atoms with Crippen LogP contribution >= 0.6 is 15.9 Å². The van der Waals surface area contributed by atoms with Gasteiger partial charge in [-0.2, -0.15) is 0 Å². The summed E-state index contributed by atoms with van der Waals surface area (Å²) in [4.78, 5) is 11.8. The first-order valence-corrected chi connectivity index (χ1v) is 6.93. The molecular formula is C14H20BrNO3. The van der Waals surface area contributed by atoms with Crippen LogP contribution in [0.2, 0.25) is 0 Å². The van der Waals surface area contributed by atoms with Crippen LogP contribution in [0.4, 0.5) is 10.5 Å². The molecule has 1 amide bonds. The van der Waals surface area contributed by atoms with Gasteiger partial charge < -0.3 is 9.47 Å². The highest BCUT2D eigenvalue weighted by molar-refractivity contribution is 9.10. The molecule has 1 aromatic carbocycles. The van der Waals surface area contributed by atoms with Crippen LogP contribution in [0.1, 0.15) is 34.6 Å². The molecule has 0 unspecified atom stereocenters. The van der Waals surface area contributed by atoms with Gasteiger partial charge in [0.25, 0.3) is 0 Å². The van der Waals surface area contributed by atoms with E-state index < -0.39 is 11.7 Å². The number of rotatable bonds is 3. The lowest BCUT2D eigenvalue weighted by atomic mass is 10.2. The van der Waals surface area contributed by atoms with Gasteiger partial charge in [-0.25, -0.2) is 4.79 Å². The average Bonchev–Trinajstić information content (AvgIpc) is 2.18. The van der Waals surface area contributed by atoms with Gasteiger partial charge in [-0.15, -0.1) is 0 Å². The molecule has 0 heterocycles. The number of amides is 1. The molecule has 0 saturated carbocycles. The molecule has 0 saturated heterocycles. The van der Waals surface area contributed by atoms with Crippen molar-refractivity contribution in [2.24, 2.45) is 0 Å². The number of carbonyl (C=O) groups is 1. The number of anilines is 1. The van der Waals surface area contributed by atoms with Crippen LogP contribution in [0, 0.1) is 0 Å². The van der Waals surface area contributed by atoms with Crippen LogP contribution in [0.5, 0.6) is 5.75 Å². The van der Waals surface area contributed by atoms with E-state index in [0.29, 0.717) is 11.4 Å². The van der Waals surface area contributed by atoms with Gasteiger partial charge in [0.1, 0.15) is 11.4 Å². The lowest BCUT2D eigenvalue weighted by Gasteiger charge is -2.21. The number of hydrogen-bond acceptors (Lipinski definition) is 3. The number of ether oxygens (including phenoxy) is 2. The van der Waals surface area contributed by atoms with E-state index in [0.717, 1.165) is 4.47 Å². The molecular weight excluding hydrogens is 310 g/mol. The molecule has 106 valence electrons. The van der Waals surface area contributed by atoms with Gasteiger partial charge in [-0.1, -0.05) is 15.9 Å². The fraction of sp³-hybridized carbons (Fsp3) is 0.500. The molecule has 0 atom stereocenters. The first-order valence-electron chi connectivity index (χ1n) is 6.13. The third-order valence-corrected chi connectivity index (χ3v) is 2.43. The predicted octanol–water partition coefficient (Wildman–Crippen LogP) is 4.58. The summed E-state index contributed by atoms with van der Waals surface area (Å²) in [5.74, 6) is 0.615. The first-order chi connectivity index (χ1) is 8.67. The van der Waals surface area contributed by atoms with Gasteiger partial charge in [-0.3, -0.25) is 5.32 Å². The minimum Gasteiger partial charge on any atom is -0.489 e. The summed E-state index contributed by atoms with van der Waals surface area (Å²) in [6.07, 6.45) is -0.473. The van der Waals surface area contributed by atoms with Crippen molar-refractivity contribution in [1.82, 2.24) is 0 Å². The molecule has 1 N–H and O–H groups in total. The smallest absolute Gasteiger partial charge is 0.412 e. The minimum atomic E-state index is -0.533. The van der Waals surface area contributed by atoms with Crippen molar-refractivity contribution >= 4 is 27.7 Å². The summed E-state index contributed by atoms with van der Waals surface area (Å²) in [5, 5.41) is 2.70. The summed E-state index contributed by atoms with van der Waals surface area (Å²) in [5.41, 5.74) is 0.0483. The molecule has 0 aliphatic carbocycles. The maximum atomic E-state index is 11.8. The summed E-state index contributed by atoms with van der Waals surface area (Å²) in [6.45, 7) is 9.32. The lowest BCUT2D eigenvalue weighted by Crippen LogP contribution is -2.27. The van der Waals surface area contributed by atoms with Crippen molar-refractivity contribution in [3.8, 4) is 5.75 Å². The minimum absolute atomic E-state index is 0.0281. The molecule has 0 radical (unpaired) electrons. The molecule has 1 aromatic rings. The summed E-state index contributed by atoms with van der Waals surface area (Å²) >= 11 is 3.37. The maximum Gasteiger partial charge on any atom is 0.412 e. The average molecular weight is 330 g/mol. The molecule has 19 heavy (non-hydrogen) atoms. The molecule has 4 nitrogen and oxygen atoms in total. The van der Waals surface area contributed by atoms with E-state index in [9.17, 15) is 4.79 Å². The van der Waals surface area contributed by atoms with E-state index in [-0.39, 0.29) is 6.10 Å². The van der Waals surface area contributed by atoms with E-state index in [1.165, 1.54) is 0 Å². The van der Waals surface area contributed by atoms with Crippen LogP contribution in [0.25, 0.3) is 0 Å². The Kier molecular flexibility index (Phi) is 5.23. The highest BCUT2D eigenvalue weighted by Gasteiger charge is 2.18. The van der Waals surface area contributed by atoms with Crippen LogP contribution in [0.3, 0.4) is 0 Å². The summed E-state index contributed by atoms with van der Waals surface area (Å²) in [7, 11) is 0. The SMILES string of the molecule is CC(C)Oc1ccc(Br)cc1NC(=O)OC(C)(C)C. The molecule has 5 heteroatoms. The normalized spacial score (nSPS) is 11.3. The van der Waals surface area contributed by atoms with Crippen molar-refractivity contribution in [1.29, 1.82) is 0 Å². The van der Waals surface area contributed by atoms with Crippen LogP contribution in [-0.2, 0) is 4.74 Å². The van der Waals surface area contributed by atoms with Gasteiger partial charge in [0.05, 0.1) is 11.8 Å². The van der Waals surface area contributed by atoms with Crippen LogP contribution < -0.4 is 10.1 Å². The largest absolute Gasteiger partial charge is 0.489 e. The van der Waals surface area contributed by atoms with Gasteiger partial charge >= 0.3 is 6.09 Å². The molecule has 0 spiro atoms. The Labute approximate surface area is 122 Å². The van der Waals surface area contributed by atoms with Gasteiger partial charge in [0.15, 0.2) is 0 Å². The number of nitrogens with one attached hydrogen (secondary N) is 1. The van der Waals surface area contributed by atoms with E-state index in [2.05, 4.69) is 21.2 Å². The van der Waals surface area contributed by atoms with E-state index >= 15 is 0 Å². The monoisotopic (exact) mass is 329 g/mol. The van der Waals surface area contributed by atoms with Gasteiger partial charge in [-0.05, 0) is 52.8 Å². The van der Waals surface area contributed by atoms with Crippen LogP contribution in [0.15, 0.2) is 22.7 Å². The van der Waals surface area contributed by atoms with E-state index in [4.69, 9.17) is 9.47 Å².